The molecule has 146 valence electrons. The van der Waals surface area contributed by atoms with Crippen LogP contribution in [-0.2, 0) is 16.7 Å². The van der Waals surface area contributed by atoms with E-state index in [0.29, 0.717) is 17.9 Å². The van der Waals surface area contributed by atoms with Gasteiger partial charge in [-0.2, -0.15) is 8.42 Å². The maximum absolute atomic E-state index is 13.0. The van der Waals surface area contributed by atoms with Gasteiger partial charge in [0.1, 0.15) is 11.5 Å². The number of carbonyl (C=O) groups is 1. The summed E-state index contributed by atoms with van der Waals surface area (Å²) in [5, 5.41) is 0. The summed E-state index contributed by atoms with van der Waals surface area (Å²) in [4.78, 5) is 14.8. The summed E-state index contributed by atoms with van der Waals surface area (Å²) < 4.78 is 32.4. The van der Waals surface area contributed by atoms with Crippen LogP contribution in [0.1, 0.15) is 36.2 Å². The Morgan fingerprint density at radius 1 is 1.04 bits per heavy atom. The maximum atomic E-state index is 13.0. The van der Waals surface area contributed by atoms with Crippen molar-refractivity contribution in [1.82, 2.24) is 4.90 Å². The van der Waals surface area contributed by atoms with E-state index in [9.17, 15) is 13.2 Å². The smallest absolute Gasteiger partial charge is 0.306 e. The van der Waals surface area contributed by atoms with Crippen LogP contribution in [0.5, 0.6) is 11.5 Å². The predicted octanol–water partition coefficient (Wildman–Crippen LogP) is 3.47. The van der Waals surface area contributed by atoms with E-state index in [1.807, 2.05) is 13.8 Å². The molecule has 0 spiro atoms. The van der Waals surface area contributed by atoms with E-state index in [2.05, 4.69) is 0 Å². The lowest BCUT2D eigenvalue weighted by Crippen LogP contribution is -2.37. The Morgan fingerprint density at radius 2 is 1.59 bits per heavy atom. The van der Waals surface area contributed by atoms with E-state index in [4.69, 9.17) is 8.92 Å². The fourth-order valence-electron chi connectivity index (χ4n) is 2.57. The van der Waals surface area contributed by atoms with Crippen molar-refractivity contribution < 1.29 is 22.1 Å². The van der Waals surface area contributed by atoms with Crippen LogP contribution >= 0.6 is 0 Å². The van der Waals surface area contributed by atoms with Gasteiger partial charge < -0.3 is 13.8 Å². The lowest BCUT2D eigenvalue weighted by Gasteiger charge is -2.29. The molecule has 7 heteroatoms. The summed E-state index contributed by atoms with van der Waals surface area (Å²) in [5.74, 6) is 0.879. The van der Waals surface area contributed by atoms with Crippen LogP contribution in [0.2, 0.25) is 0 Å². The molecule has 27 heavy (non-hydrogen) atoms. The zero-order chi connectivity index (χ0) is 20.0. The summed E-state index contributed by atoms with van der Waals surface area (Å²) in [5.41, 5.74) is 1.48. The first-order chi connectivity index (χ1) is 12.7. The first kappa shape index (κ1) is 20.8. The molecule has 0 aliphatic carbocycles. The molecule has 0 aliphatic rings. The number of methoxy groups -OCH3 is 1. The van der Waals surface area contributed by atoms with E-state index < -0.39 is 10.1 Å². The van der Waals surface area contributed by atoms with E-state index in [1.54, 1.807) is 60.5 Å². The van der Waals surface area contributed by atoms with Gasteiger partial charge in [-0.3, -0.25) is 4.79 Å². The van der Waals surface area contributed by atoms with Gasteiger partial charge in [0.2, 0.25) is 0 Å². The van der Waals surface area contributed by atoms with Crippen LogP contribution in [0.15, 0.2) is 48.5 Å². The van der Waals surface area contributed by atoms with Gasteiger partial charge in [-0.15, -0.1) is 0 Å². The van der Waals surface area contributed by atoms with Crippen molar-refractivity contribution in [2.45, 2.75) is 32.9 Å². The molecule has 0 aromatic heterocycles. The van der Waals surface area contributed by atoms with Crippen LogP contribution in [0.25, 0.3) is 0 Å². The monoisotopic (exact) mass is 391 g/mol. The Hall–Kier alpha value is -2.54. The number of benzene rings is 2. The molecule has 1 amide bonds. The molecule has 0 saturated heterocycles. The van der Waals surface area contributed by atoms with Crippen molar-refractivity contribution in [3.8, 4) is 11.5 Å². The molecular formula is C20H25NO5S. The van der Waals surface area contributed by atoms with Crippen LogP contribution in [-0.4, -0.2) is 38.6 Å². The second-order valence-electron chi connectivity index (χ2n) is 6.35. The van der Waals surface area contributed by atoms with Crippen molar-refractivity contribution in [2.75, 3.05) is 13.4 Å². The fraction of sp³-hybridized carbons (Fsp3) is 0.350. The number of carbonyl (C=O) groups excluding carboxylic acids is 1. The third-order valence-corrected chi connectivity index (χ3v) is 4.74. The maximum Gasteiger partial charge on any atom is 0.306 e. The minimum absolute atomic E-state index is 0.0477. The largest absolute Gasteiger partial charge is 0.497 e. The first-order valence-corrected chi connectivity index (χ1v) is 10.5. The lowest BCUT2D eigenvalue weighted by molar-refractivity contribution is 0.0671. The zero-order valence-corrected chi connectivity index (χ0v) is 16.8. The van der Waals surface area contributed by atoms with E-state index in [-0.39, 0.29) is 17.7 Å². The van der Waals surface area contributed by atoms with Crippen LogP contribution in [0.3, 0.4) is 0 Å². The highest BCUT2D eigenvalue weighted by Gasteiger charge is 2.21. The minimum Gasteiger partial charge on any atom is -0.497 e. The average Bonchev–Trinajstić information content (AvgIpc) is 2.65. The quantitative estimate of drug-likeness (QED) is 0.644. The zero-order valence-electron chi connectivity index (χ0n) is 16.0. The molecule has 2 aromatic rings. The standard InChI is InChI=1S/C20H25NO5S/c1-5-15(2)21(20(22)17-8-12-18(25-3)13-9-17)14-16-6-10-19(11-7-16)26-27(4,23)24/h6-13,15H,5,14H2,1-4H3/t15-/m1/s1. The van der Waals surface area contributed by atoms with Crippen molar-refractivity contribution >= 4 is 16.0 Å². The molecule has 0 aliphatic heterocycles. The summed E-state index contributed by atoms with van der Waals surface area (Å²) >= 11 is 0. The number of ether oxygens (including phenoxy) is 1. The van der Waals surface area contributed by atoms with Gasteiger partial charge in [-0.1, -0.05) is 19.1 Å². The van der Waals surface area contributed by atoms with Crippen LogP contribution in [0.4, 0.5) is 0 Å². The molecule has 2 rings (SSSR count). The molecule has 1 atom stereocenters. The first-order valence-electron chi connectivity index (χ1n) is 8.67. The Morgan fingerprint density at radius 3 is 2.07 bits per heavy atom. The number of amides is 1. The van der Waals surface area contributed by atoms with Crippen LogP contribution in [0, 0.1) is 0 Å². The van der Waals surface area contributed by atoms with E-state index in [1.165, 1.54) is 0 Å². The highest BCUT2D eigenvalue weighted by Crippen LogP contribution is 2.20. The fourth-order valence-corrected chi connectivity index (χ4v) is 3.03. The highest BCUT2D eigenvalue weighted by molar-refractivity contribution is 7.86. The number of hydrogen-bond donors (Lipinski definition) is 0. The minimum atomic E-state index is -3.56. The molecule has 0 radical (unpaired) electrons. The van der Waals surface area contributed by atoms with Gasteiger partial charge in [-0.05, 0) is 55.3 Å². The Labute approximate surface area is 160 Å². The third-order valence-electron chi connectivity index (χ3n) is 4.24. The lowest BCUT2D eigenvalue weighted by atomic mass is 10.1. The number of rotatable bonds is 8. The molecule has 6 nitrogen and oxygen atoms in total. The van der Waals surface area contributed by atoms with Crippen LogP contribution < -0.4 is 8.92 Å². The molecule has 0 fully saturated rings. The summed E-state index contributed by atoms with van der Waals surface area (Å²) in [6, 6.07) is 13.8. The van der Waals surface area contributed by atoms with Gasteiger partial charge in [0.05, 0.1) is 13.4 Å². The molecule has 0 unspecified atom stereocenters. The summed E-state index contributed by atoms with van der Waals surface area (Å²) in [7, 11) is -1.98. The topological polar surface area (TPSA) is 72.9 Å². The molecule has 0 heterocycles. The summed E-state index contributed by atoms with van der Waals surface area (Å²) in [6.45, 7) is 4.45. The van der Waals surface area contributed by atoms with Crippen molar-refractivity contribution in [2.24, 2.45) is 0 Å². The van der Waals surface area contributed by atoms with E-state index >= 15 is 0 Å². The predicted molar refractivity (Wildman–Crippen MR) is 105 cm³/mol. The molecule has 0 bridgehead atoms. The van der Waals surface area contributed by atoms with Crippen molar-refractivity contribution in [3.63, 3.8) is 0 Å². The van der Waals surface area contributed by atoms with Gasteiger partial charge in [0.25, 0.3) is 5.91 Å². The molecule has 2 aromatic carbocycles. The Kier molecular flexibility index (Phi) is 6.85. The third kappa shape index (κ3) is 5.99. The Bertz CT molecular complexity index is 860. The second kappa shape index (κ2) is 8.90. The van der Waals surface area contributed by atoms with Gasteiger partial charge in [-0.25, -0.2) is 0 Å². The number of nitrogens with zero attached hydrogens (tertiary/aromatic N) is 1. The molecular weight excluding hydrogens is 366 g/mol. The second-order valence-corrected chi connectivity index (χ2v) is 7.93. The highest BCUT2D eigenvalue weighted by atomic mass is 32.2. The average molecular weight is 391 g/mol. The Balaban J connectivity index is 2.19. The van der Waals surface area contributed by atoms with Gasteiger partial charge >= 0.3 is 10.1 Å². The van der Waals surface area contributed by atoms with E-state index in [0.717, 1.165) is 18.2 Å². The van der Waals surface area contributed by atoms with Gasteiger partial charge in [0, 0.05) is 18.2 Å². The van der Waals surface area contributed by atoms with Gasteiger partial charge in [0.15, 0.2) is 0 Å². The van der Waals surface area contributed by atoms with Crippen molar-refractivity contribution in [1.29, 1.82) is 0 Å². The number of hydrogen-bond acceptors (Lipinski definition) is 5. The molecule has 0 saturated carbocycles. The normalized spacial score (nSPS) is 12.3. The van der Waals surface area contributed by atoms with Crippen molar-refractivity contribution in [3.05, 3.63) is 59.7 Å². The molecule has 0 N–H and O–H groups in total. The SMILES string of the molecule is CC[C@@H](C)N(Cc1ccc(OS(C)(=O)=O)cc1)C(=O)c1ccc(OC)cc1. The summed E-state index contributed by atoms with van der Waals surface area (Å²) in [6.07, 6.45) is 1.82.